The molecule has 0 heterocycles. The summed E-state index contributed by atoms with van der Waals surface area (Å²) in [5, 5.41) is 6.00. The van der Waals surface area contributed by atoms with Crippen molar-refractivity contribution in [1.29, 1.82) is 0 Å². The number of para-hydroxylation sites is 1. The number of anilines is 2. The van der Waals surface area contributed by atoms with Crippen molar-refractivity contribution in [2.45, 2.75) is 13.5 Å². The van der Waals surface area contributed by atoms with E-state index < -0.39 is 0 Å². The lowest BCUT2D eigenvalue weighted by atomic mass is 10.2. The summed E-state index contributed by atoms with van der Waals surface area (Å²) in [4.78, 5) is 11.9. The van der Waals surface area contributed by atoms with Gasteiger partial charge >= 0.3 is 0 Å². The van der Waals surface area contributed by atoms with Crippen LogP contribution >= 0.6 is 0 Å². The number of ether oxygens (including phenoxy) is 1. The molecule has 0 saturated heterocycles. The molecule has 21 heavy (non-hydrogen) atoms. The molecule has 2 aromatic rings. The van der Waals surface area contributed by atoms with Crippen molar-refractivity contribution in [3.63, 3.8) is 0 Å². The highest BCUT2D eigenvalue weighted by atomic mass is 16.5. The van der Waals surface area contributed by atoms with Gasteiger partial charge < -0.3 is 15.4 Å². The molecule has 2 N–H and O–H groups in total. The molecule has 110 valence electrons. The molecule has 0 aliphatic carbocycles. The highest BCUT2D eigenvalue weighted by molar-refractivity contribution is 5.93. The molecular formula is C17H20N2O2. The number of carbonyl (C=O) groups excluding carboxylic acids is 1. The molecule has 0 fully saturated rings. The van der Waals surface area contributed by atoms with Gasteiger partial charge in [-0.3, -0.25) is 4.79 Å². The molecule has 0 radical (unpaired) electrons. The second-order valence-electron chi connectivity index (χ2n) is 4.86. The molecule has 2 rings (SSSR count). The van der Waals surface area contributed by atoms with E-state index in [2.05, 4.69) is 10.6 Å². The Bertz CT molecular complexity index is 594. The predicted molar refractivity (Wildman–Crippen MR) is 85.5 cm³/mol. The normalized spacial score (nSPS) is 10.2. The van der Waals surface area contributed by atoms with E-state index in [4.69, 9.17) is 4.74 Å². The number of nitrogens with one attached hydrogen (secondary N) is 2. The average Bonchev–Trinajstić information content (AvgIpc) is 2.49. The van der Waals surface area contributed by atoms with Gasteiger partial charge in [0.15, 0.2) is 0 Å². The van der Waals surface area contributed by atoms with Crippen molar-refractivity contribution in [1.82, 2.24) is 0 Å². The van der Waals surface area contributed by atoms with Gasteiger partial charge in [-0.25, -0.2) is 0 Å². The first-order valence-corrected chi connectivity index (χ1v) is 6.86. The lowest BCUT2D eigenvalue weighted by molar-refractivity contribution is -0.114. The number of amides is 1. The minimum absolute atomic E-state index is 0.0777. The number of hydrogen-bond donors (Lipinski definition) is 2. The fourth-order valence-corrected chi connectivity index (χ4v) is 1.99. The van der Waals surface area contributed by atoms with E-state index in [-0.39, 0.29) is 12.5 Å². The monoisotopic (exact) mass is 284 g/mol. The van der Waals surface area contributed by atoms with Gasteiger partial charge in [-0.15, -0.1) is 0 Å². The molecule has 4 heteroatoms. The molecule has 0 aromatic heterocycles. The lowest BCUT2D eigenvalue weighted by Gasteiger charge is -2.11. The predicted octanol–water partition coefficient (Wildman–Crippen LogP) is 3.19. The minimum Gasteiger partial charge on any atom is -0.380 e. The standard InChI is InChI=1S/C17H20N2O2/c1-13-7-9-15(10-8-13)19-17(20)11-18-16-6-4-3-5-14(16)12-21-2/h3-10,18H,11-12H2,1-2H3,(H,19,20). The topological polar surface area (TPSA) is 50.4 Å². The zero-order valence-corrected chi connectivity index (χ0v) is 12.3. The van der Waals surface area contributed by atoms with Crippen LogP contribution in [-0.2, 0) is 16.1 Å². The molecule has 0 bridgehead atoms. The maximum absolute atomic E-state index is 11.9. The van der Waals surface area contributed by atoms with Gasteiger partial charge in [0.05, 0.1) is 13.2 Å². The van der Waals surface area contributed by atoms with Crippen molar-refractivity contribution < 1.29 is 9.53 Å². The van der Waals surface area contributed by atoms with Crippen LogP contribution in [0.15, 0.2) is 48.5 Å². The second kappa shape index (κ2) is 7.45. The van der Waals surface area contributed by atoms with Gasteiger partial charge in [-0.05, 0) is 25.1 Å². The molecule has 2 aromatic carbocycles. The van der Waals surface area contributed by atoms with E-state index >= 15 is 0 Å². The van der Waals surface area contributed by atoms with Crippen molar-refractivity contribution in [3.8, 4) is 0 Å². The van der Waals surface area contributed by atoms with Crippen molar-refractivity contribution in [2.24, 2.45) is 0 Å². The van der Waals surface area contributed by atoms with E-state index in [9.17, 15) is 4.79 Å². The third-order valence-electron chi connectivity index (χ3n) is 3.09. The number of methoxy groups -OCH3 is 1. The number of benzene rings is 2. The number of aryl methyl sites for hydroxylation is 1. The van der Waals surface area contributed by atoms with Gasteiger partial charge in [-0.1, -0.05) is 35.9 Å². The number of hydrogen-bond acceptors (Lipinski definition) is 3. The van der Waals surface area contributed by atoms with E-state index in [1.54, 1.807) is 7.11 Å². The van der Waals surface area contributed by atoms with Crippen LogP contribution in [0.3, 0.4) is 0 Å². The fraction of sp³-hybridized carbons (Fsp3) is 0.235. The Labute approximate surface area is 125 Å². The second-order valence-corrected chi connectivity index (χ2v) is 4.86. The summed E-state index contributed by atoms with van der Waals surface area (Å²) in [6.45, 7) is 2.75. The van der Waals surface area contributed by atoms with Gasteiger partial charge in [0.1, 0.15) is 0 Å². The molecule has 0 atom stereocenters. The van der Waals surface area contributed by atoms with Crippen LogP contribution < -0.4 is 10.6 Å². The summed E-state index contributed by atoms with van der Waals surface area (Å²) in [5.74, 6) is -0.0777. The first-order chi connectivity index (χ1) is 10.2. The first kappa shape index (κ1) is 15.1. The highest BCUT2D eigenvalue weighted by Crippen LogP contribution is 2.15. The van der Waals surface area contributed by atoms with Gasteiger partial charge in [-0.2, -0.15) is 0 Å². The van der Waals surface area contributed by atoms with Crippen molar-refractivity contribution >= 4 is 17.3 Å². The van der Waals surface area contributed by atoms with Crippen LogP contribution in [0, 0.1) is 6.92 Å². The van der Waals surface area contributed by atoms with E-state index in [1.807, 2.05) is 55.5 Å². The average molecular weight is 284 g/mol. The third-order valence-corrected chi connectivity index (χ3v) is 3.09. The summed E-state index contributed by atoms with van der Waals surface area (Å²) in [5.41, 5.74) is 3.92. The Hall–Kier alpha value is -2.33. The third kappa shape index (κ3) is 4.61. The lowest BCUT2D eigenvalue weighted by Crippen LogP contribution is -2.22. The Balaban J connectivity index is 1.90. The smallest absolute Gasteiger partial charge is 0.243 e. The molecule has 0 unspecified atom stereocenters. The number of carbonyl (C=O) groups is 1. The Morgan fingerprint density at radius 2 is 1.81 bits per heavy atom. The number of rotatable bonds is 6. The summed E-state index contributed by atoms with van der Waals surface area (Å²) in [7, 11) is 1.65. The first-order valence-electron chi connectivity index (χ1n) is 6.86. The Morgan fingerprint density at radius 3 is 2.52 bits per heavy atom. The van der Waals surface area contributed by atoms with Crippen molar-refractivity contribution in [3.05, 3.63) is 59.7 Å². The molecule has 0 aliphatic rings. The Kier molecular flexibility index (Phi) is 5.35. The SMILES string of the molecule is COCc1ccccc1NCC(=O)Nc1ccc(C)cc1. The van der Waals surface area contributed by atoms with Gasteiger partial charge in [0, 0.05) is 24.0 Å². The zero-order chi connectivity index (χ0) is 15.1. The molecule has 0 spiro atoms. The van der Waals surface area contributed by atoms with Gasteiger partial charge in [0.25, 0.3) is 0 Å². The van der Waals surface area contributed by atoms with Crippen LogP contribution in [-0.4, -0.2) is 19.6 Å². The molecule has 0 aliphatic heterocycles. The van der Waals surface area contributed by atoms with Crippen LogP contribution in [0.5, 0.6) is 0 Å². The molecular weight excluding hydrogens is 264 g/mol. The van der Waals surface area contributed by atoms with E-state index in [0.717, 1.165) is 16.9 Å². The summed E-state index contributed by atoms with van der Waals surface area (Å²) in [6, 6.07) is 15.5. The van der Waals surface area contributed by atoms with Crippen LogP contribution in [0.4, 0.5) is 11.4 Å². The fourth-order valence-electron chi connectivity index (χ4n) is 1.99. The van der Waals surface area contributed by atoms with Crippen LogP contribution in [0.25, 0.3) is 0 Å². The highest BCUT2D eigenvalue weighted by Gasteiger charge is 2.05. The minimum atomic E-state index is -0.0777. The summed E-state index contributed by atoms with van der Waals surface area (Å²) >= 11 is 0. The van der Waals surface area contributed by atoms with Crippen LogP contribution in [0.1, 0.15) is 11.1 Å². The maximum atomic E-state index is 11.9. The summed E-state index contributed by atoms with van der Waals surface area (Å²) in [6.07, 6.45) is 0. The molecule has 0 saturated carbocycles. The zero-order valence-electron chi connectivity index (χ0n) is 12.3. The molecule has 4 nitrogen and oxygen atoms in total. The van der Waals surface area contributed by atoms with E-state index in [1.165, 1.54) is 5.56 Å². The largest absolute Gasteiger partial charge is 0.380 e. The molecule has 1 amide bonds. The maximum Gasteiger partial charge on any atom is 0.243 e. The van der Waals surface area contributed by atoms with Gasteiger partial charge in [0.2, 0.25) is 5.91 Å². The van der Waals surface area contributed by atoms with Crippen molar-refractivity contribution in [2.75, 3.05) is 24.3 Å². The van der Waals surface area contributed by atoms with Crippen LogP contribution in [0.2, 0.25) is 0 Å². The quantitative estimate of drug-likeness (QED) is 0.856. The summed E-state index contributed by atoms with van der Waals surface area (Å²) < 4.78 is 5.14. The van der Waals surface area contributed by atoms with E-state index in [0.29, 0.717) is 6.61 Å². The Morgan fingerprint density at radius 1 is 1.10 bits per heavy atom.